The van der Waals surface area contributed by atoms with Gasteiger partial charge in [-0.3, -0.25) is 9.59 Å². The average Bonchev–Trinajstić information content (AvgIpc) is 3.14. The Morgan fingerprint density at radius 3 is 2.76 bits per heavy atom. The van der Waals surface area contributed by atoms with Gasteiger partial charge in [-0.1, -0.05) is 18.2 Å². The number of carbonyl (C=O) groups is 2. The Hall–Kier alpha value is -1.92. The molecule has 1 aromatic carbocycles. The van der Waals surface area contributed by atoms with E-state index in [1.165, 1.54) is 15.0 Å². The summed E-state index contributed by atoms with van der Waals surface area (Å²) in [5.74, 6) is -0.0531. The van der Waals surface area contributed by atoms with Gasteiger partial charge in [-0.15, -0.1) is 11.3 Å². The number of benzene rings is 1. The van der Waals surface area contributed by atoms with Gasteiger partial charge in [0.15, 0.2) is 0 Å². The predicted octanol–water partition coefficient (Wildman–Crippen LogP) is 2.27. The van der Waals surface area contributed by atoms with E-state index in [0.717, 1.165) is 6.54 Å². The number of hydrogen-bond donors (Lipinski definition) is 0. The first-order chi connectivity index (χ1) is 11.9. The molecular formula is C19H25N3O2S. The summed E-state index contributed by atoms with van der Waals surface area (Å²) < 4.78 is 1.24. The van der Waals surface area contributed by atoms with Crippen LogP contribution in [0.1, 0.15) is 11.3 Å². The van der Waals surface area contributed by atoms with Crippen LogP contribution in [0.2, 0.25) is 0 Å². The molecule has 1 aromatic heterocycles. The van der Waals surface area contributed by atoms with E-state index in [1.807, 2.05) is 38.2 Å². The lowest BCUT2D eigenvalue weighted by atomic mass is 10.1. The van der Waals surface area contributed by atoms with Gasteiger partial charge in [-0.05, 0) is 31.6 Å². The molecule has 2 heterocycles. The van der Waals surface area contributed by atoms with Crippen LogP contribution in [0.4, 0.5) is 0 Å². The molecule has 0 saturated carbocycles. The van der Waals surface area contributed by atoms with E-state index in [1.54, 1.807) is 16.2 Å². The Labute approximate surface area is 152 Å². The van der Waals surface area contributed by atoms with Crippen molar-refractivity contribution in [3.8, 4) is 0 Å². The van der Waals surface area contributed by atoms with Crippen molar-refractivity contribution >= 4 is 33.2 Å². The smallest absolute Gasteiger partial charge is 0.228 e. The number of nitrogens with zero attached hydrogens (tertiary/aromatic N) is 3. The van der Waals surface area contributed by atoms with Gasteiger partial charge in [-0.25, -0.2) is 0 Å². The third-order valence-electron chi connectivity index (χ3n) is 4.63. The third-order valence-corrected chi connectivity index (χ3v) is 5.73. The molecule has 1 aliphatic heterocycles. The molecule has 0 radical (unpaired) electrons. The number of fused-ring (bicyclic) bond motifs is 1. The van der Waals surface area contributed by atoms with E-state index < -0.39 is 0 Å². The first-order valence-corrected chi connectivity index (χ1v) is 9.40. The molecular weight excluding hydrogens is 334 g/mol. The van der Waals surface area contributed by atoms with E-state index in [4.69, 9.17) is 0 Å². The molecule has 1 atom stereocenters. The molecule has 1 aliphatic rings. The Morgan fingerprint density at radius 1 is 1.28 bits per heavy atom. The van der Waals surface area contributed by atoms with Crippen molar-refractivity contribution in [3.63, 3.8) is 0 Å². The van der Waals surface area contributed by atoms with Crippen LogP contribution in [0.3, 0.4) is 0 Å². The maximum absolute atomic E-state index is 12.7. The SMILES string of the molecule is CN(C)CCN1C[C@@H](C(=O)N(C)Cc2cc3ccccc3s2)CC1=O. The van der Waals surface area contributed by atoms with Crippen molar-refractivity contribution in [1.29, 1.82) is 0 Å². The van der Waals surface area contributed by atoms with Gasteiger partial charge < -0.3 is 14.7 Å². The topological polar surface area (TPSA) is 43.9 Å². The second-order valence-electron chi connectivity index (χ2n) is 6.99. The van der Waals surface area contributed by atoms with Crippen molar-refractivity contribution in [2.45, 2.75) is 13.0 Å². The van der Waals surface area contributed by atoms with Gasteiger partial charge in [0.1, 0.15) is 0 Å². The summed E-state index contributed by atoms with van der Waals surface area (Å²) in [6.07, 6.45) is 0.336. The van der Waals surface area contributed by atoms with Gasteiger partial charge in [0.05, 0.1) is 12.5 Å². The molecule has 134 valence electrons. The number of thiophene rings is 1. The standard InChI is InChI=1S/C19H25N3O2S/c1-20(2)8-9-22-12-15(11-18(22)23)19(24)21(3)13-16-10-14-6-4-5-7-17(14)25-16/h4-7,10,15H,8-9,11-13H2,1-3H3/t15-/m0/s1. The minimum atomic E-state index is -0.214. The summed E-state index contributed by atoms with van der Waals surface area (Å²) in [7, 11) is 5.81. The lowest BCUT2D eigenvalue weighted by molar-refractivity contribution is -0.135. The molecule has 1 fully saturated rings. The average molecular weight is 359 g/mol. The maximum Gasteiger partial charge on any atom is 0.228 e. The number of likely N-dealkylation sites (tertiary alicyclic amines) is 1. The van der Waals surface area contributed by atoms with Crippen LogP contribution >= 0.6 is 11.3 Å². The number of likely N-dealkylation sites (N-methyl/N-ethyl adjacent to an activating group) is 1. The molecule has 3 rings (SSSR count). The summed E-state index contributed by atoms with van der Waals surface area (Å²) in [5, 5.41) is 1.22. The van der Waals surface area contributed by atoms with Crippen molar-refractivity contribution < 1.29 is 9.59 Å². The largest absolute Gasteiger partial charge is 0.341 e. The molecule has 0 bridgehead atoms. The molecule has 2 amide bonds. The monoisotopic (exact) mass is 359 g/mol. The second-order valence-corrected chi connectivity index (χ2v) is 8.16. The molecule has 0 aliphatic carbocycles. The fraction of sp³-hybridized carbons (Fsp3) is 0.474. The summed E-state index contributed by atoms with van der Waals surface area (Å²) in [5.41, 5.74) is 0. The van der Waals surface area contributed by atoms with Crippen molar-refractivity contribution in [3.05, 3.63) is 35.2 Å². The zero-order valence-corrected chi connectivity index (χ0v) is 15.9. The van der Waals surface area contributed by atoms with Crippen LogP contribution in [0.25, 0.3) is 10.1 Å². The van der Waals surface area contributed by atoms with E-state index in [0.29, 0.717) is 26.1 Å². The van der Waals surface area contributed by atoms with Crippen LogP contribution in [0, 0.1) is 5.92 Å². The van der Waals surface area contributed by atoms with Crippen LogP contribution in [0.5, 0.6) is 0 Å². The van der Waals surface area contributed by atoms with E-state index >= 15 is 0 Å². The van der Waals surface area contributed by atoms with Crippen molar-refractivity contribution in [2.75, 3.05) is 40.8 Å². The first kappa shape index (κ1) is 17.9. The minimum Gasteiger partial charge on any atom is -0.341 e. The molecule has 2 aromatic rings. The Bertz CT molecular complexity index is 738. The molecule has 1 saturated heterocycles. The maximum atomic E-state index is 12.7. The van der Waals surface area contributed by atoms with Gasteiger partial charge in [-0.2, -0.15) is 0 Å². The Balaban J connectivity index is 1.59. The quantitative estimate of drug-likeness (QED) is 0.795. The van der Waals surface area contributed by atoms with Crippen molar-refractivity contribution in [1.82, 2.24) is 14.7 Å². The molecule has 5 nitrogen and oxygen atoms in total. The third kappa shape index (κ3) is 4.19. The van der Waals surface area contributed by atoms with Crippen molar-refractivity contribution in [2.24, 2.45) is 5.92 Å². The van der Waals surface area contributed by atoms with Crippen LogP contribution < -0.4 is 0 Å². The van der Waals surface area contributed by atoms with Crippen LogP contribution in [0.15, 0.2) is 30.3 Å². The highest BCUT2D eigenvalue weighted by molar-refractivity contribution is 7.19. The number of carbonyl (C=O) groups excluding carboxylic acids is 2. The minimum absolute atomic E-state index is 0.0677. The normalized spacial score (nSPS) is 17.7. The van der Waals surface area contributed by atoms with Gasteiger partial charge in [0.2, 0.25) is 11.8 Å². The van der Waals surface area contributed by atoms with Crippen LogP contribution in [-0.4, -0.2) is 67.3 Å². The van der Waals surface area contributed by atoms with E-state index in [-0.39, 0.29) is 17.7 Å². The van der Waals surface area contributed by atoms with Gasteiger partial charge >= 0.3 is 0 Å². The number of amides is 2. The Morgan fingerprint density at radius 2 is 2.04 bits per heavy atom. The fourth-order valence-corrected chi connectivity index (χ4v) is 4.33. The van der Waals surface area contributed by atoms with E-state index in [9.17, 15) is 9.59 Å². The Kier molecular flexibility index (Phi) is 5.39. The van der Waals surface area contributed by atoms with Gasteiger partial charge in [0, 0.05) is 42.7 Å². The number of rotatable bonds is 6. The molecule has 25 heavy (non-hydrogen) atoms. The van der Waals surface area contributed by atoms with Crippen LogP contribution in [-0.2, 0) is 16.1 Å². The zero-order valence-electron chi connectivity index (χ0n) is 15.1. The molecule has 0 N–H and O–H groups in total. The highest BCUT2D eigenvalue weighted by Crippen LogP contribution is 2.27. The predicted molar refractivity (Wildman–Crippen MR) is 102 cm³/mol. The molecule has 0 spiro atoms. The summed E-state index contributed by atoms with van der Waals surface area (Å²) in [6, 6.07) is 10.4. The molecule has 0 unspecified atom stereocenters. The summed E-state index contributed by atoms with van der Waals surface area (Å²) in [4.78, 5) is 31.7. The fourth-order valence-electron chi connectivity index (χ4n) is 3.21. The molecule has 6 heteroatoms. The first-order valence-electron chi connectivity index (χ1n) is 8.59. The number of hydrogen-bond acceptors (Lipinski definition) is 4. The lowest BCUT2D eigenvalue weighted by Gasteiger charge is -2.21. The highest BCUT2D eigenvalue weighted by atomic mass is 32.1. The lowest BCUT2D eigenvalue weighted by Crippen LogP contribution is -2.36. The summed E-state index contributed by atoms with van der Waals surface area (Å²) >= 11 is 1.72. The second kappa shape index (κ2) is 7.54. The van der Waals surface area contributed by atoms with Gasteiger partial charge in [0.25, 0.3) is 0 Å². The zero-order chi connectivity index (χ0) is 18.0. The highest BCUT2D eigenvalue weighted by Gasteiger charge is 2.35. The summed E-state index contributed by atoms with van der Waals surface area (Å²) in [6.45, 7) is 2.66. The van der Waals surface area contributed by atoms with E-state index in [2.05, 4.69) is 23.1 Å².